The van der Waals surface area contributed by atoms with E-state index in [1.165, 1.54) is 6.20 Å². The predicted molar refractivity (Wildman–Crippen MR) is 112 cm³/mol. The maximum Gasteiger partial charge on any atom is 0.419 e. The number of anilines is 1. The Morgan fingerprint density at radius 3 is 2.72 bits per heavy atom. The lowest BCUT2D eigenvalue weighted by molar-refractivity contribution is -0.137. The first-order valence-electron chi connectivity index (χ1n) is 11.1. The second-order valence-electron chi connectivity index (χ2n) is 9.27. The highest BCUT2D eigenvalue weighted by atomic mass is 19.4. The van der Waals surface area contributed by atoms with Crippen LogP contribution in [0.3, 0.4) is 0 Å². The first-order valence-corrected chi connectivity index (χ1v) is 11.1. The molecule has 32 heavy (non-hydrogen) atoms. The molecule has 0 spiro atoms. The maximum atomic E-state index is 13.3. The molecule has 3 N–H and O–H groups in total. The number of halogens is 3. The lowest BCUT2D eigenvalue weighted by Crippen LogP contribution is -2.58. The highest BCUT2D eigenvalue weighted by molar-refractivity contribution is 5.62. The van der Waals surface area contributed by atoms with Crippen molar-refractivity contribution in [2.24, 2.45) is 11.8 Å². The van der Waals surface area contributed by atoms with Crippen LogP contribution < -0.4 is 5.73 Å². The van der Waals surface area contributed by atoms with Crippen molar-refractivity contribution in [2.75, 3.05) is 38.6 Å². The van der Waals surface area contributed by atoms with E-state index in [0.717, 1.165) is 58.2 Å². The minimum absolute atomic E-state index is 0.0338. The van der Waals surface area contributed by atoms with Crippen LogP contribution in [0.4, 0.5) is 19.0 Å². The second-order valence-corrected chi connectivity index (χ2v) is 9.27. The molecule has 4 unspecified atom stereocenters. The van der Waals surface area contributed by atoms with Crippen molar-refractivity contribution >= 4 is 5.82 Å². The summed E-state index contributed by atoms with van der Waals surface area (Å²) >= 11 is 0. The Balaban J connectivity index is 1.51. The van der Waals surface area contributed by atoms with Gasteiger partial charge in [0.05, 0.1) is 30.0 Å². The number of nitrogens with two attached hydrogens (primary N) is 1. The summed E-state index contributed by atoms with van der Waals surface area (Å²) in [6.07, 6.45) is 0.654. The summed E-state index contributed by atoms with van der Waals surface area (Å²) < 4.78 is 47.5. The van der Waals surface area contributed by atoms with Crippen molar-refractivity contribution in [1.29, 1.82) is 0 Å². The third kappa shape index (κ3) is 3.39. The molecular weight excluding hydrogens is 423 g/mol. The van der Waals surface area contributed by atoms with Crippen molar-refractivity contribution in [2.45, 2.75) is 44.0 Å². The van der Waals surface area contributed by atoms with Gasteiger partial charge in [-0.1, -0.05) is 6.92 Å². The highest BCUT2D eigenvalue weighted by Crippen LogP contribution is 2.58. The molecule has 1 saturated carbocycles. The molecular formula is C22H28F3N5O2. The number of aromatic nitrogens is 3. The number of pyridine rings is 1. The summed E-state index contributed by atoms with van der Waals surface area (Å²) in [5.41, 5.74) is 4.93. The van der Waals surface area contributed by atoms with Gasteiger partial charge in [-0.3, -0.25) is 4.90 Å². The number of rotatable bonds is 4. The fourth-order valence-corrected chi connectivity index (χ4v) is 5.70. The SMILES string of the molecule is CC1C(O)c2nc(-c3cnc(N)c(C(F)(F)F)c3)cn2C2(CCN3CCOCC3)CCC12. The second kappa shape index (κ2) is 7.71. The summed E-state index contributed by atoms with van der Waals surface area (Å²) in [7, 11) is 0. The van der Waals surface area contributed by atoms with E-state index >= 15 is 0 Å². The number of morpholine rings is 1. The molecule has 2 aromatic rings. The van der Waals surface area contributed by atoms with Crippen molar-refractivity contribution in [3.63, 3.8) is 0 Å². The number of nitrogen functional groups attached to an aromatic ring is 1. The van der Waals surface area contributed by atoms with Crippen LogP contribution in [0.5, 0.6) is 0 Å². The van der Waals surface area contributed by atoms with E-state index in [1.54, 1.807) is 6.20 Å². The Hall–Kier alpha value is -2.17. The van der Waals surface area contributed by atoms with Gasteiger partial charge in [0.15, 0.2) is 0 Å². The van der Waals surface area contributed by atoms with Gasteiger partial charge in [0.1, 0.15) is 17.7 Å². The average Bonchev–Trinajstić information content (AvgIpc) is 3.18. The van der Waals surface area contributed by atoms with E-state index in [4.69, 9.17) is 10.5 Å². The molecule has 1 aliphatic carbocycles. The van der Waals surface area contributed by atoms with Crippen molar-refractivity contribution in [3.8, 4) is 11.3 Å². The van der Waals surface area contributed by atoms with E-state index < -0.39 is 23.7 Å². The number of hydrogen-bond acceptors (Lipinski definition) is 6. The van der Waals surface area contributed by atoms with Crippen molar-refractivity contribution in [3.05, 3.63) is 29.8 Å². The normalized spacial score (nSPS) is 30.5. The molecule has 0 amide bonds. The monoisotopic (exact) mass is 451 g/mol. The molecule has 7 nitrogen and oxygen atoms in total. The number of hydrogen-bond donors (Lipinski definition) is 2. The topological polar surface area (TPSA) is 89.4 Å². The van der Waals surface area contributed by atoms with Crippen LogP contribution in [0.15, 0.2) is 18.5 Å². The van der Waals surface area contributed by atoms with Gasteiger partial charge >= 0.3 is 6.18 Å². The summed E-state index contributed by atoms with van der Waals surface area (Å²) in [5.74, 6) is 0.311. The van der Waals surface area contributed by atoms with E-state index in [-0.39, 0.29) is 17.0 Å². The molecule has 5 rings (SSSR count). The van der Waals surface area contributed by atoms with Crippen LogP contribution in [0, 0.1) is 11.8 Å². The molecule has 2 aliphatic heterocycles. The Morgan fingerprint density at radius 2 is 2.06 bits per heavy atom. The van der Waals surface area contributed by atoms with Crippen molar-refractivity contribution in [1.82, 2.24) is 19.4 Å². The van der Waals surface area contributed by atoms with Gasteiger partial charge in [0.25, 0.3) is 0 Å². The molecule has 2 aromatic heterocycles. The summed E-state index contributed by atoms with van der Waals surface area (Å²) in [6, 6.07) is 0.991. The largest absolute Gasteiger partial charge is 0.419 e. The van der Waals surface area contributed by atoms with Gasteiger partial charge in [-0.15, -0.1) is 0 Å². The first-order chi connectivity index (χ1) is 15.2. The predicted octanol–water partition coefficient (Wildman–Crippen LogP) is 3.06. The molecule has 0 aromatic carbocycles. The number of alkyl halides is 3. The Kier molecular flexibility index (Phi) is 5.22. The number of nitrogens with zero attached hydrogens (tertiary/aromatic N) is 4. The number of ether oxygens (including phenoxy) is 1. The van der Waals surface area contributed by atoms with Crippen LogP contribution in [0.2, 0.25) is 0 Å². The standard InChI is InChI=1S/C22H28F3N5O2/c1-13-15-2-3-21(15,4-5-29-6-8-32-9-7-29)30-12-17(28-20(30)18(13)31)14-10-16(22(23,24)25)19(26)27-11-14/h10-13,15,18,31H,2-9H2,1H3,(H2,26,27). The zero-order chi connectivity index (χ0) is 22.7. The molecule has 174 valence electrons. The van der Waals surface area contributed by atoms with E-state index in [0.29, 0.717) is 17.4 Å². The zero-order valence-electron chi connectivity index (χ0n) is 18.0. The average molecular weight is 451 g/mol. The van der Waals surface area contributed by atoms with E-state index in [2.05, 4.69) is 14.9 Å². The summed E-state index contributed by atoms with van der Waals surface area (Å²) in [5, 5.41) is 10.9. The van der Waals surface area contributed by atoms with Gasteiger partial charge in [0.2, 0.25) is 0 Å². The number of fused-ring (bicyclic) bond motifs is 3. The fraction of sp³-hybridized carbons (Fsp3) is 0.636. The zero-order valence-corrected chi connectivity index (χ0v) is 18.0. The number of aliphatic hydroxyl groups is 1. The van der Waals surface area contributed by atoms with E-state index in [1.807, 2.05) is 11.5 Å². The molecule has 2 fully saturated rings. The van der Waals surface area contributed by atoms with Gasteiger partial charge in [-0.2, -0.15) is 13.2 Å². The lowest BCUT2D eigenvalue weighted by atomic mass is 9.57. The summed E-state index contributed by atoms with van der Waals surface area (Å²) in [4.78, 5) is 10.7. The molecule has 4 heterocycles. The smallest absolute Gasteiger partial charge is 0.385 e. The van der Waals surface area contributed by atoms with Gasteiger partial charge < -0.3 is 20.1 Å². The first kappa shape index (κ1) is 21.7. The fourth-order valence-electron chi connectivity index (χ4n) is 5.70. The maximum absolute atomic E-state index is 13.3. The van der Waals surface area contributed by atoms with Crippen LogP contribution in [-0.4, -0.2) is 57.4 Å². The molecule has 4 atom stereocenters. The van der Waals surface area contributed by atoms with Gasteiger partial charge in [0, 0.05) is 37.6 Å². The molecule has 3 aliphatic rings. The summed E-state index contributed by atoms with van der Waals surface area (Å²) in [6.45, 7) is 6.23. The van der Waals surface area contributed by atoms with Crippen LogP contribution in [0.1, 0.15) is 43.7 Å². The minimum Gasteiger partial charge on any atom is -0.385 e. The highest BCUT2D eigenvalue weighted by Gasteiger charge is 2.56. The van der Waals surface area contributed by atoms with E-state index in [9.17, 15) is 18.3 Å². The van der Waals surface area contributed by atoms with Crippen LogP contribution >= 0.6 is 0 Å². The number of imidazole rings is 1. The Labute approximate surface area is 184 Å². The lowest BCUT2D eigenvalue weighted by Gasteiger charge is -2.58. The third-order valence-electron chi connectivity index (χ3n) is 7.67. The van der Waals surface area contributed by atoms with Crippen molar-refractivity contribution < 1.29 is 23.0 Å². The van der Waals surface area contributed by atoms with Gasteiger partial charge in [-0.05, 0) is 37.2 Å². The molecule has 1 saturated heterocycles. The minimum atomic E-state index is -4.60. The Bertz CT molecular complexity index is 1000. The third-order valence-corrected chi connectivity index (χ3v) is 7.67. The van der Waals surface area contributed by atoms with Gasteiger partial charge in [-0.25, -0.2) is 9.97 Å². The van der Waals surface area contributed by atoms with Crippen LogP contribution in [0.25, 0.3) is 11.3 Å². The molecule has 10 heteroatoms. The number of aliphatic hydroxyl groups excluding tert-OH is 1. The quantitative estimate of drug-likeness (QED) is 0.743. The Morgan fingerprint density at radius 1 is 1.31 bits per heavy atom. The molecule has 0 bridgehead atoms. The van der Waals surface area contributed by atoms with Crippen LogP contribution in [-0.2, 0) is 16.5 Å². The molecule has 0 radical (unpaired) electrons.